The van der Waals surface area contributed by atoms with Gasteiger partial charge in [0.15, 0.2) is 0 Å². The Balaban J connectivity index is 1.59. The summed E-state index contributed by atoms with van der Waals surface area (Å²) in [5, 5.41) is 9.14. The molecule has 1 aliphatic rings. The molecule has 2 heterocycles. The first-order chi connectivity index (χ1) is 12.9. The third-order valence-electron chi connectivity index (χ3n) is 6.12. The van der Waals surface area contributed by atoms with Gasteiger partial charge in [-0.25, -0.2) is 4.68 Å². The van der Waals surface area contributed by atoms with Crippen LogP contribution in [0, 0.1) is 18.8 Å². The summed E-state index contributed by atoms with van der Waals surface area (Å²) >= 11 is 0. The number of hydrogen-bond donors (Lipinski definition) is 2. The molecule has 3 atom stereocenters. The summed E-state index contributed by atoms with van der Waals surface area (Å²) in [5.41, 5.74) is 2.27. The standard InChI is InChI=1S/C21H26N4O2/c1-12-7-8-18-15(9-12)16-10-22-25(21(27)20(16)24-18)11-19(26)23-17-6-4-5-13(2)14(17)3/h7-10,13-14,17,24H,4-6,11H2,1-3H3,(H,23,26). The molecular formula is C21H26N4O2. The zero-order valence-electron chi connectivity index (χ0n) is 16.1. The number of nitrogens with one attached hydrogen (secondary N) is 2. The number of benzene rings is 1. The van der Waals surface area contributed by atoms with Crippen molar-refractivity contribution in [1.82, 2.24) is 20.1 Å². The van der Waals surface area contributed by atoms with E-state index >= 15 is 0 Å². The number of carbonyl (C=O) groups is 1. The highest BCUT2D eigenvalue weighted by atomic mass is 16.2. The van der Waals surface area contributed by atoms with Crippen molar-refractivity contribution < 1.29 is 4.79 Å². The van der Waals surface area contributed by atoms with Crippen LogP contribution in [-0.2, 0) is 11.3 Å². The number of aryl methyl sites for hydroxylation is 1. The predicted octanol–water partition coefficient (Wildman–Crippen LogP) is 3.13. The number of aromatic nitrogens is 3. The van der Waals surface area contributed by atoms with E-state index in [2.05, 4.69) is 29.2 Å². The molecule has 1 aromatic carbocycles. The Morgan fingerprint density at radius 1 is 1.30 bits per heavy atom. The van der Waals surface area contributed by atoms with Gasteiger partial charge < -0.3 is 10.3 Å². The first-order valence-electron chi connectivity index (χ1n) is 9.71. The van der Waals surface area contributed by atoms with E-state index in [4.69, 9.17) is 0 Å². The third-order valence-corrected chi connectivity index (χ3v) is 6.12. The number of fused-ring (bicyclic) bond motifs is 3. The number of nitrogens with zero attached hydrogens (tertiary/aromatic N) is 2. The van der Waals surface area contributed by atoms with Crippen LogP contribution in [0.4, 0.5) is 0 Å². The van der Waals surface area contributed by atoms with Gasteiger partial charge in [-0.3, -0.25) is 9.59 Å². The Hall–Kier alpha value is -2.63. The molecule has 4 rings (SSSR count). The molecule has 1 saturated carbocycles. The highest BCUT2D eigenvalue weighted by Gasteiger charge is 2.28. The van der Waals surface area contributed by atoms with Gasteiger partial charge >= 0.3 is 0 Å². The molecule has 1 amide bonds. The molecule has 142 valence electrons. The van der Waals surface area contributed by atoms with E-state index in [0.717, 1.165) is 34.7 Å². The number of H-pyrrole nitrogens is 1. The molecule has 0 saturated heterocycles. The van der Waals surface area contributed by atoms with E-state index in [1.807, 2.05) is 25.1 Å². The van der Waals surface area contributed by atoms with Gasteiger partial charge in [0.1, 0.15) is 12.1 Å². The number of hydrogen-bond acceptors (Lipinski definition) is 3. The summed E-state index contributed by atoms with van der Waals surface area (Å²) in [6, 6.07) is 6.19. The van der Waals surface area contributed by atoms with Crippen molar-refractivity contribution in [2.75, 3.05) is 0 Å². The van der Waals surface area contributed by atoms with Crippen LogP contribution in [0.5, 0.6) is 0 Å². The average Bonchev–Trinajstić information content (AvgIpc) is 3.00. The normalized spacial score (nSPS) is 23.0. The van der Waals surface area contributed by atoms with Crippen molar-refractivity contribution >= 4 is 27.7 Å². The summed E-state index contributed by atoms with van der Waals surface area (Å²) < 4.78 is 1.25. The molecule has 3 aromatic rings. The molecule has 1 aliphatic carbocycles. The van der Waals surface area contributed by atoms with Crippen LogP contribution >= 0.6 is 0 Å². The molecule has 0 bridgehead atoms. The van der Waals surface area contributed by atoms with E-state index < -0.39 is 0 Å². The van der Waals surface area contributed by atoms with Gasteiger partial charge in [0.2, 0.25) is 5.91 Å². The second-order valence-corrected chi connectivity index (χ2v) is 8.01. The Morgan fingerprint density at radius 2 is 2.11 bits per heavy atom. The lowest BCUT2D eigenvalue weighted by Crippen LogP contribution is -2.45. The first-order valence-corrected chi connectivity index (χ1v) is 9.71. The Kier molecular flexibility index (Phi) is 4.50. The summed E-state index contributed by atoms with van der Waals surface area (Å²) in [6.07, 6.45) is 5.02. The maximum Gasteiger partial charge on any atom is 0.291 e. The Bertz CT molecular complexity index is 1070. The first kappa shape index (κ1) is 17.8. The van der Waals surface area contributed by atoms with Crippen LogP contribution in [0.1, 0.15) is 38.7 Å². The fourth-order valence-corrected chi connectivity index (χ4v) is 4.23. The molecule has 0 spiro atoms. The molecule has 3 unspecified atom stereocenters. The van der Waals surface area contributed by atoms with E-state index in [1.165, 1.54) is 11.1 Å². The Labute approximate surface area is 158 Å². The van der Waals surface area contributed by atoms with Crippen molar-refractivity contribution in [2.45, 2.75) is 52.6 Å². The predicted molar refractivity (Wildman–Crippen MR) is 107 cm³/mol. The minimum atomic E-state index is -0.262. The van der Waals surface area contributed by atoms with Crippen LogP contribution < -0.4 is 10.9 Å². The zero-order chi connectivity index (χ0) is 19.1. The topological polar surface area (TPSA) is 79.8 Å². The van der Waals surface area contributed by atoms with Crippen LogP contribution in [-0.4, -0.2) is 26.7 Å². The molecule has 6 nitrogen and oxygen atoms in total. The smallest absolute Gasteiger partial charge is 0.291 e. The van der Waals surface area contributed by atoms with Crippen molar-refractivity contribution in [1.29, 1.82) is 0 Å². The fraction of sp³-hybridized carbons (Fsp3) is 0.476. The van der Waals surface area contributed by atoms with Crippen LogP contribution in [0.15, 0.2) is 29.2 Å². The number of aromatic amines is 1. The largest absolute Gasteiger partial charge is 0.351 e. The van der Waals surface area contributed by atoms with E-state index in [0.29, 0.717) is 17.4 Å². The van der Waals surface area contributed by atoms with E-state index in [9.17, 15) is 9.59 Å². The minimum absolute atomic E-state index is 0.0548. The third kappa shape index (κ3) is 3.24. The number of rotatable bonds is 3. The summed E-state index contributed by atoms with van der Waals surface area (Å²) in [6.45, 7) is 6.39. The van der Waals surface area contributed by atoms with Gasteiger partial charge in [0.05, 0.1) is 6.20 Å². The quantitative estimate of drug-likeness (QED) is 0.747. The van der Waals surface area contributed by atoms with Crippen molar-refractivity contribution in [3.05, 3.63) is 40.3 Å². The van der Waals surface area contributed by atoms with Crippen LogP contribution in [0.2, 0.25) is 0 Å². The summed E-state index contributed by atoms with van der Waals surface area (Å²) in [4.78, 5) is 28.5. The fourth-order valence-electron chi connectivity index (χ4n) is 4.23. The lowest BCUT2D eigenvalue weighted by atomic mass is 9.78. The van der Waals surface area contributed by atoms with Gasteiger partial charge in [-0.15, -0.1) is 0 Å². The number of carbonyl (C=O) groups excluding carboxylic acids is 1. The maximum absolute atomic E-state index is 12.8. The second kappa shape index (κ2) is 6.83. The molecule has 0 aliphatic heterocycles. The molecular weight excluding hydrogens is 340 g/mol. The highest BCUT2D eigenvalue weighted by Crippen LogP contribution is 2.29. The van der Waals surface area contributed by atoms with Gasteiger partial charge in [0, 0.05) is 22.3 Å². The van der Waals surface area contributed by atoms with Crippen LogP contribution in [0.25, 0.3) is 21.8 Å². The molecule has 6 heteroatoms. The molecule has 2 N–H and O–H groups in total. The lowest BCUT2D eigenvalue weighted by molar-refractivity contribution is -0.123. The Morgan fingerprint density at radius 3 is 2.93 bits per heavy atom. The van der Waals surface area contributed by atoms with E-state index in [1.54, 1.807) is 6.20 Å². The summed E-state index contributed by atoms with van der Waals surface area (Å²) in [7, 11) is 0. The highest BCUT2D eigenvalue weighted by molar-refractivity contribution is 6.06. The van der Waals surface area contributed by atoms with Gasteiger partial charge in [-0.2, -0.15) is 5.10 Å². The minimum Gasteiger partial charge on any atom is -0.351 e. The van der Waals surface area contributed by atoms with Crippen molar-refractivity contribution in [3.63, 3.8) is 0 Å². The average molecular weight is 366 g/mol. The molecule has 0 radical (unpaired) electrons. The molecule has 27 heavy (non-hydrogen) atoms. The van der Waals surface area contributed by atoms with Gasteiger partial charge in [0.25, 0.3) is 5.56 Å². The summed E-state index contributed by atoms with van der Waals surface area (Å²) in [5.74, 6) is 0.907. The lowest BCUT2D eigenvalue weighted by Gasteiger charge is -2.34. The second-order valence-electron chi connectivity index (χ2n) is 8.01. The monoisotopic (exact) mass is 366 g/mol. The molecule has 2 aromatic heterocycles. The molecule has 1 fully saturated rings. The van der Waals surface area contributed by atoms with Gasteiger partial charge in [-0.05, 0) is 37.3 Å². The van der Waals surface area contributed by atoms with Crippen molar-refractivity contribution in [2.24, 2.45) is 11.8 Å². The van der Waals surface area contributed by atoms with E-state index in [-0.39, 0.29) is 24.1 Å². The maximum atomic E-state index is 12.8. The van der Waals surface area contributed by atoms with Gasteiger partial charge in [-0.1, -0.05) is 38.3 Å². The SMILES string of the molecule is Cc1ccc2[nH]c3c(=O)n(CC(=O)NC4CCCC(C)C4C)ncc3c2c1. The number of amides is 1. The van der Waals surface area contributed by atoms with Crippen molar-refractivity contribution in [3.8, 4) is 0 Å². The van der Waals surface area contributed by atoms with Crippen LogP contribution in [0.3, 0.4) is 0 Å². The zero-order valence-corrected chi connectivity index (χ0v) is 16.1.